The van der Waals surface area contributed by atoms with Crippen molar-refractivity contribution in [3.63, 3.8) is 0 Å². The molecule has 112 valence electrons. The molecule has 0 aliphatic heterocycles. The van der Waals surface area contributed by atoms with Crippen molar-refractivity contribution in [2.75, 3.05) is 25.1 Å². The van der Waals surface area contributed by atoms with Crippen molar-refractivity contribution in [3.05, 3.63) is 34.6 Å². The minimum absolute atomic E-state index is 0.0943. The van der Waals surface area contributed by atoms with Crippen LogP contribution in [0.25, 0.3) is 0 Å². The average molecular weight is 307 g/mol. The summed E-state index contributed by atoms with van der Waals surface area (Å²) in [4.78, 5) is 19.0. The van der Waals surface area contributed by atoms with Gasteiger partial charge in [0.25, 0.3) is 5.91 Å². The van der Waals surface area contributed by atoms with Gasteiger partial charge in [0.2, 0.25) is 0 Å². The highest BCUT2D eigenvalue weighted by Gasteiger charge is 2.11. The van der Waals surface area contributed by atoms with Crippen molar-refractivity contribution in [2.45, 2.75) is 13.5 Å². The number of aliphatic hydroxyl groups is 1. The molecule has 0 atom stereocenters. The van der Waals surface area contributed by atoms with E-state index in [2.05, 4.69) is 19.9 Å². The molecule has 8 heteroatoms. The zero-order valence-corrected chi connectivity index (χ0v) is 12.7. The number of carbonyl (C=O) groups is 1. The number of aryl methyl sites for hydroxylation is 1. The number of rotatable bonds is 6. The predicted octanol–water partition coefficient (Wildman–Crippen LogP) is 0.600. The van der Waals surface area contributed by atoms with Crippen LogP contribution in [0.2, 0.25) is 0 Å². The van der Waals surface area contributed by atoms with Crippen LogP contribution in [0.3, 0.4) is 0 Å². The fourth-order valence-corrected chi connectivity index (χ4v) is 2.43. The van der Waals surface area contributed by atoms with Gasteiger partial charge in [-0.1, -0.05) is 4.49 Å². The quantitative estimate of drug-likeness (QED) is 0.812. The monoisotopic (exact) mass is 307 g/mol. The maximum absolute atomic E-state index is 11.8. The summed E-state index contributed by atoms with van der Waals surface area (Å²) in [6.07, 6.45) is 1.59. The van der Waals surface area contributed by atoms with Gasteiger partial charge in [-0.25, -0.2) is 0 Å². The highest BCUT2D eigenvalue weighted by atomic mass is 32.1. The van der Waals surface area contributed by atoms with E-state index in [1.165, 1.54) is 11.5 Å². The Kier molecular flexibility index (Phi) is 5.18. The number of nitrogens with one attached hydrogen (secondary N) is 1. The molecule has 0 saturated carbocycles. The second kappa shape index (κ2) is 7.09. The maximum atomic E-state index is 11.8. The molecule has 0 fully saturated rings. The van der Waals surface area contributed by atoms with Crippen LogP contribution in [0.4, 0.5) is 5.69 Å². The minimum atomic E-state index is -0.296. The van der Waals surface area contributed by atoms with Gasteiger partial charge in [-0.15, -0.1) is 5.10 Å². The summed E-state index contributed by atoms with van der Waals surface area (Å²) in [7, 11) is 1.93. The standard InChI is InChI=1S/C13H17N5O2S/c1-9-12(21-17-16-9)8-18(2)10-3-4-14-11(7-10)13(20)15-5-6-19/h3-4,7,19H,5-6,8H2,1-2H3,(H,15,20). The highest BCUT2D eigenvalue weighted by molar-refractivity contribution is 7.05. The number of carbonyl (C=O) groups excluding carboxylic acids is 1. The topological polar surface area (TPSA) is 91.2 Å². The van der Waals surface area contributed by atoms with Crippen molar-refractivity contribution in [1.29, 1.82) is 0 Å². The molecule has 0 aromatic carbocycles. The van der Waals surface area contributed by atoms with Crippen LogP contribution in [0, 0.1) is 6.92 Å². The third-order valence-electron chi connectivity index (χ3n) is 2.94. The number of aromatic nitrogens is 3. The molecule has 2 rings (SSSR count). The van der Waals surface area contributed by atoms with Gasteiger partial charge in [-0.2, -0.15) is 0 Å². The predicted molar refractivity (Wildman–Crippen MR) is 80.4 cm³/mol. The van der Waals surface area contributed by atoms with E-state index in [4.69, 9.17) is 5.11 Å². The number of nitrogens with zero attached hydrogens (tertiary/aromatic N) is 4. The van der Waals surface area contributed by atoms with Gasteiger partial charge >= 0.3 is 0 Å². The molecule has 0 unspecified atom stereocenters. The van der Waals surface area contributed by atoms with Crippen LogP contribution in [0.5, 0.6) is 0 Å². The molecule has 2 aromatic heterocycles. The van der Waals surface area contributed by atoms with Gasteiger partial charge in [0, 0.05) is 25.5 Å². The summed E-state index contributed by atoms with van der Waals surface area (Å²) in [5.74, 6) is -0.296. The first-order chi connectivity index (χ1) is 10.1. The molecular formula is C13H17N5O2S. The first-order valence-corrected chi connectivity index (χ1v) is 7.23. The fraction of sp³-hybridized carbons (Fsp3) is 0.385. The summed E-state index contributed by atoms with van der Waals surface area (Å²) >= 11 is 1.37. The van der Waals surface area contributed by atoms with Gasteiger partial charge in [0.05, 0.1) is 23.7 Å². The number of pyridine rings is 1. The van der Waals surface area contributed by atoms with Crippen molar-refractivity contribution < 1.29 is 9.90 Å². The Morgan fingerprint density at radius 3 is 3.00 bits per heavy atom. The summed E-state index contributed by atoms with van der Waals surface area (Å²) in [5.41, 5.74) is 2.13. The summed E-state index contributed by atoms with van der Waals surface area (Å²) in [5, 5.41) is 15.3. The molecule has 0 spiro atoms. The highest BCUT2D eigenvalue weighted by Crippen LogP contribution is 2.18. The minimum Gasteiger partial charge on any atom is -0.395 e. The number of amides is 1. The second-order valence-corrected chi connectivity index (χ2v) is 5.36. The second-order valence-electron chi connectivity index (χ2n) is 4.52. The van der Waals surface area contributed by atoms with E-state index in [0.717, 1.165) is 16.3 Å². The van der Waals surface area contributed by atoms with Crippen molar-refractivity contribution in [1.82, 2.24) is 19.9 Å². The first kappa shape index (κ1) is 15.3. The van der Waals surface area contributed by atoms with Gasteiger partial charge < -0.3 is 15.3 Å². The third kappa shape index (κ3) is 3.96. The van der Waals surface area contributed by atoms with Gasteiger partial charge in [-0.05, 0) is 30.6 Å². The first-order valence-electron chi connectivity index (χ1n) is 6.46. The van der Waals surface area contributed by atoms with E-state index < -0.39 is 0 Å². The number of hydrogen-bond acceptors (Lipinski definition) is 7. The Balaban J connectivity index is 2.09. The van der Waals surface area contributed by atoms with Gasteiger partial charge in [-0.3, -0.25) is 9.78 Å². The van der Waals surface area contributed by atoms with Crippen LogP contribution in [-0.4, -0.2) is 45.8 Å². The van der Waals surface area contributed by atoms with E-state index in [-0.39, 0.29) is 19.1 Å². The molecule has 0 bridgehead atoms. The zero-order valence-electron chi connectivity index (χ0n) is 11.9. The SMILES string of the molecule is Cc1nnsc1CN(C)c1ccnc(C(=O)NCCO)c1. The number of aliphatic hydroxyl groups excluding tert-OH is 1. The van der Waals surface area contributed by atoms with E-state index in [1.807, 2.05) is 24.9 Å². The number of hydrogen-bond donors (Lipinski definition) is 2. The molecule has 0 aliphatic rings. The van der Waals surface area contributed by atoms with Gasteiger partial charge in [0.1, 0.15) is 5.69 Å². The molecule has 21 heavy (non-hydrogen) atoms. The van der Waals surface area contributed by atoms with E-state index in [1.54, 1.807) is 12.3 Å². The Bertz CT molecular complexity index is 616. The Morgan fingerprint density at radius 1 is 1.52 bits per heavy atom. The van der Waals surface area contributed by atoms with Crippen LogP contribution in [-0.2, 0) is 6.54 Å². The van der Waals surface area contributed by atoms with Crippen LogP contribution in [0.15, 0.2) is 18.3 Å². The molecule has 2 aromatic rings. The van der Waals surface area contributed by atoms with Crippen molar-refractivity contribution >= 4 is 23.1 Å². The molecular weight excluding hydrogens is 290 g/mol. The molecule has 0 radical (unpaired) electrons. The Morgan fingerprint density at radius 2 is 2.33 bits per heavy atom. The van der Waals surface area contributed by atoms with E-state index in [9.17, 15) is 4.79 Å². The van der Waals surface area contributed by atoms with E-state index in [0.29, 0.717) is 12.2 Å². The maximum Gasteiger partial charge on any atom is 0.270 e. The summed E-state index contributed by atoms with van der Waals surface area (Å²) < 4.78 is 3.91. The molecule has 1 amide bonds. The third-order valence-corrected chi connectivity index (χ3v) is 3.75. The Labute approximate surface area is 126 Å². The molecule has 7 nitrogen and oxygen atoms in total. The van der Waals surface area contributed by atoms with Crippen LogP contribution in [0.1, 0.15) is 21.1 Å². The molecule has 2 heterocycles. The molecule has 0 saturated heterocycles. The lowest BCUT2D eigenvalue weighted by molar-refractivity contribution is 0.0940. The van der Waals surface area contributed by atoms with Crippen molar-refractivity contribution in [3.8, 4) is 0 Å². The lowest BCUT2D eigenvalue weighted by Gasteiger charge is -2.18. The largest absolute Gasteiger partial charge is 0.395 e. The van der Waals surface area contributed by atoms with Crippen molar-refractivity contribution in [2.24, 2.45) is 0 Å². The summed E-state index contributed by atoms with van der Waals surface area (Å²) in [6.45, 7) is 2.72. The Hall–Kier alpha value is -2.06. The molecule has 2 N–H and O–H groups in total. The van der Waals surface area contributed by atoms with E-state index >= 15 is 0 Å². The van der Waals surface area contributed by atoms with Crippen LogP contribution >= 0.6 is 11.5 Å². The van der Waals surface area contributed by atoms with Gasteiger partial charge in [0.15, 0.2) is 0 Å². The summed E-state index contributed by atoms with van der Waals surface area (Å²) in [6, 6.07) is 3.56. The average Bonchev–Trinajstić information content (AvgIpc) is 2.90. The fourth-order valence-electron chi connectivity index (χ4n) is 1.74. The smallest absolute Gasteiger partial charge is 0.270 e. The molecule has 0 aliphatic carbocycles. The lowest BCUT2D eigenvalue weighted by atomic mass is 10.2. The van der Waals surface area contributed by atoms with Crippen LogP contribution < -0.4 is 10.2 Å². The number of anilines is 1. The lowest BCUT2D eigenvalue weighted by Crippen LogP contribution is -2.27. The normalized spacial score (nSPS) is 10.4. The zero-order chi connectivity index (χ0) is 15.2.